The Labute approximate surface area is 118 Å². The van der Waals surface area contributed by atoms with Crippen molar-refractivity contribution in [3.63, 3.8) is 0 Å². The minimum Gasteiger partial charge on any atom is -0.478 e. The van der Waals surface area contributed by atoms with Crippen molar-refractivity contribution >= 4 is 17.3 Å². The molecule has 0 heterocycles. The second-order valence-corrected chi connectivity index (χ2v) is 4.72. The lowest BCUT2D eigenvalue weighted by molar-refractivity contribution is 0.0698. The van der Waals surface area contributed by atoms with Crippen LogP contribution in [0.4, 0.5) is 11.4 Å². The first-order chi connectivity index (χ1) is 9.58. The van der Waals surface area contributed by atoms with Gasteiger partial charge in [-0.25, -0.2) is 4.79 Å². The van der Waals surface area contributed by atoms with Crippen LogP contribution in [-0.4, -0.2) is 17.6 Å². The molecule has 4 nitrogen and oxygen atoms in total. The van der Waals surface area contributed by atoms with Crippen LogP contribution in [0.15, 0.2) is 42.5 Å². The predicted octanol–water partition coefficient (Wildman–Crippen LogP) is 2.93. The molecule has 2 aromatic rings. The van der Waals surface area contributed by atoms with Gasteiger partial charge in [-0.1, -0.05) is 30.3 Å². The van der Waals surface area contributed by atoms with Crippen LogP contribution in [0.5, 0.6) is 0 Å². The van der Waals surface area contributed by atoms with Gasteiger partial charge in [-0.3, -0.25) is 0 Å². The molecule has 0 saturated heterocycles. The smallest absolute Gasteiger partial charge is 0.337 e. The molecule has 0 aliphatic heterocycles. The lowest BCUT2D eigenvalue weighted by Gasteiger charge is -2.11. The molecule has 2 rings (SSSR count). The third-order valence-electron chi connectivity index (χ3n) is 3.20. The monoisotopic (exact) mass is 270 g/mol. The Hall–Kier alpha value is -2.49. The number of hydrogen-bond donors (Lipinski definition) is 3. The number of benzene rings is 2. The fourth-order valence-corrected chi connectivity index (χ4v) is 2.07. The number of aryl methyl sites for hydroxylation is 1. The van der Waals surface area contributed by atoms with Crippen LogP contribution >= 0.6 is 0 Å². The number of nitrogens with two attached hydrogens (primary N) is 1. The number of carboxylic acid groups (broad SMARTS) is 1. The van der Waals surface area contributed by atoms with Crippen LogP contribution in [0.1, 0.15) is 21.5 Å². The van der Waals surface area contributed by atoms with E-state index < -0.39 is 5.97 Å². The third kappa shape index (κ3) is 3.29. The van der Waals surface area contributed by atoms with Crippen molar-refractivity contribution in [2.45, 2.75) is 13.3 Å². The highest BCUT2D eigenvalue weighted by atomic mass is 16.4. The lowest BCUT2D eigenvalue weighted by atomic mass is 10.1. The summed E-state index contributed by atoms with van der Waals surface area (Å²) in [6.07, 6.45) is 0.882. The summed E-state index contributed by atoms with van der Waals surface area (Å²) in [5.74, 6) is -1.00. The van der Waals surface area contributed by atoms with E-state index in [1.165, 1.54) is 5.56 Å². The molecule has 0 fully saturated rings. The number of carbonyl (C=O) groups is 1. The highest BCUT2D eigenvalue weighted by Gasteiger charge is 2.11. The number of aromatic carboxylic acids is 1. The van der Waals surface area contributed by atoms with Gasteiger partial charge >= 0.3 is 5.97 Å². The fraction of sp³-hybridized carbons (Fsp3) is 0.188. The third-order valence-corrected chi connectivity index (χ3v) is 3.20. The number of nitrogen functional groups attached to an aromatic ring is 1. The molecule has 0 aliphatic rings. The van der Waals surface area contributed by atoms with E-state index in [2.05, 4.69) is 17.4 Å². The van der Waals surface area contributed by atoms with Crippen LogP contribution in [0.3, 0.4) is 0 Å². The zero-order chi connectivity index (χ0) is 14.5. The summed E-state index contributed by atoms with van der Waals surface area (Å²) < 4.78 is 0. The van der Waals surface area contributed by atoms with Gasteiger partial charge in [0.1, 0.15) is 0 Å². The molecule has 0 amide bonds. The molecule has 0 bridgehead atoms. The zero-order valence-electron chi connectivity index (χ0n) is 11.4. The summed E-state index contributed by atoms with van der Waals surface area (Å²) >= 11 is 0. The minimum absolute atomic E-state index is 0.146. The fourth-order valence-electron chi connectivity index (χ4n) is 2.07. The first-order valence-corrected chi connectivity index (χ1v) is 6.49. The number of hydrogen-bond acceptors (Lipinski definition) is 3. The molecule has 0 unspecified atom stereocenters. The van der Waals surface area contributed by atoms with Crippen molar-refractivity contribution in [3.8, 4) is 0 Å². The Kier molecular flexibility index (Phi) is 4.25. The second-order valence-electron chi connectivity index (χ2n) is 4.72. The maximum Gasteiger partial charge on any atom is 0.337 e. The van der Waals surface area contributed by atoms with Crippen molar-refractivity contribution in [1.82, 2.24) is 0 Å². The predicted molar refractivity (Wildman–Crippen MR) is 81.2 cm³/mol. The van der Waals surface area contributed by atoms with E-state index in [9.17, 15) is 4.79 Å². The number of nitrogens with one attached hydrogen (secondary N) is 1. The number of rotatable bonds is 5. The van der Waals surface area contributed by atoms with E-state index in [0.29, 0.717) is 5.69 Å². The maximum atomic E-state index is 11.1. The van der Waals surface area contributed by atoms with Gasteiger partial charge < -0.3 is 16.2 Å². The molecule has 4 N–H and O–H groups in total. The molecule has 0 atom stereocenters. The molecule has 104 valence electrons. The van der Waals surface area contributed by atoms with Gasteiger partial charge in [0.05, 0.1) is 5.56 Å². The largest absolute Gasteiger partial charge is 0.478 e. The molecule has 0 radical (unpaired) electrons. The molecular formula is C16H18N2O2. The van der Waals surface area contributed by atoms with Crippen LogP contribution in [0, 0.1) is 6.92 Å². The van der Waals surface area contributed by atoms with Gasteiger partial charge in [0.15, 0.2) is 0 Å². The topological polar surface area (TPSA) is 75.3 Å². The Morgan fingerprint density at radius 2 is 1.95 bits per heavy atom. The molecule has 2 aromatic carbocycles. The summed E-state index contributed by atoms with van der Waals surface area (Å²) in [5.41, 5.74) is 9.03. The van der Waals surface area contributed by atoms with Crippen molar-refractivity contribution in [2.75, 3.05) is 17.6 Å². The molecular weight excluding hydrogens is 252 g/mol. The summed E-state index contributed by atoms with van der Waals surface area (Å²) in [6, 6.07) is 13.6. The van der Waals surface area contributed by atoms with Gasteiger partial charge in [-0.05, 0) is 36.6 Å². The Morgan fingerprint density at radius 3 is 2.60 bits per heavy atom. The first kappa shape index (κ1) is 13.9. The average molecular weight is 270 g/mol. The second kappa shape index (κ2) is 6.10. The maximum absolute atomic E-state index is 11.1. The Bertz CT molecular complexity index is 609. The van der Waals surface area contributed by atoms with Gasteiger partial charge in [0.25, 0.3) is 0 Å². The SMILES string of the molecule is Cc1cc(NCCc2ccccc2)cc(C(=O)O)c1N. The summed E-state index contributed by atoms with van der Waals surface area (Å²) in [7, 11) is 0. The van der Waals surface area contributed by atoms with Gasteiger partial charge in [0.2, 0.25) is 0 Å². The highest BCUT2D eigenvalue weighted by molar-refractivity contribution is 5.95. The number of anilines is 2. The van der Waals surface area contributed by atoms with Crippen LogP contribution in [-0.2, 0) is 6.42 Å². The van der Waals surface area contributed by atoms with Crippen LogP contribution in [0.25, 0.3) is 0 Å². The number of carboxylic acids is 1. The van der Waals surface area contributed by atoms with E-state index in [0.717, 1.165) is 24.2 Å². The van der Waals surface area contributed by atoms with Gasteiger partial charge in [0, 0.05) is 17.9 Å². The van der Waals surface area contributed by atoms with E-state index in [4.69, 9.17) is 10.8 Å². The van der Waals surface area contributed by atoms with Gasteiger partial charge in [-0.15, -0.1) is 0 Å². The summed E-state index contributed by atoms with van der Waals surface area (Å²) in [4.78, 5) is 11.1. The van der Waals surface area contributed by atoms with E-state index in [-0.39, 0.29) is 5.56 Å². The van der Waals surface area contributed by atoms with E-state index in [1.807, 2.05) is 31.2 Å². The van der Waals surface area contributed by atoms with Crippen molar-refractivity contribution in [1.29, 1.82) is 0 Å². The first-order valence-electron chi connectivity index (χ1n) is 6.49. The Morgan fingerprint density at radius 1 is 1.25 bits per heavy atom. The Balaban J connectivity index is 2.05. The van der Waals surface area contributed by atoms with Crippen LogP contribution in [0.2, 0.25) is 0 Å². The van der Waals surface area contributed by atoms with E-state index in [1.54, 1.807) is 6.07 Å². The van der Waals surface area contributed by atoms with Gasteiger partial charge in [-0.2, -0.15) is 0 Å². The molecule has 0 saturated carbocycles. The molecule has 0 aromatic heterocycles. The van der Waals surface area contributed by atoms with Crippen molar-refractivity contribution in [2.24, 2.45) is 0 Å². The quantitative estimate of drug-likeness (QED) is 0.730. The minimum atomic E-state index is -1.00. The zero-order valence-corrected chi connectivity index (χ0v) is 11.4. The summed E-state index contributed by atoms with van der Waals surface area (Å²) in [5, 5.41) is 12.3. The normalized spacial score (nSPS) is 10.2. The standard InChI is InChI=1S/C16H18N2O2/c1-11-9-13(10-14(15(11)17)16(19)20)18-8-7-12-5-3-2-4-6-12/h2-6,9-10,18H,7-8,17H2,1H3,(H,19,20). The van der Waals surface area contributed by atoms with Crippen LogP contribution < -0.4 is 11.1 Å². The highest BCUT2D eigenvalue weighted by Crippen LogP contribution is 2.22. The molecule has 20 heavy (non-hydrogen) atoms. The summed E-state index contributed by atoms with van der Waals surface area (Å²) in [6.45, 7) is 2.55. The molecule has 0 aliphatic carbocycles. The molecule has 4 heteroatoms. The molecule has 0 spiro atoms. The average Bonchev–Trinajstić information content (AvgIpc) is 2.43. The van der Waals surface area contributed by atoms with Crippen molar-refractivity contribution in [3.05, 3.63) is 59.2 Å². The lowest BCUT2D eigenvalue weighted by Crippen LogP contribution is -2.09. The van der Waals surface area contributed by atoms with Crippen molar-refractivity contribution < 1.29 is 9.90 Å². The van der Waals surface area contributed by atoms with E-state index >= 15 is 0 Å².